The number of benzene rings is 2. The van der Waals surface area contributed by atoms with Gasteiger partial charge in [0, 0.05) is 42.7 Å². The minimum absolute atomic E-state index is 0.0505. The van der Waals surface area contributed by atoms with Gasteiger partial charge in [0.15, 0.2) is 0 Å². The van der Waals surface area contributed by atoms with Gasteiger partial charge in [-0.05, 0) is 61.6 Å². The van der Waals surface area contributed by atoms with Gasteiger partial charge in [-0.1, -0.05) is 0 Å². The van der Waals surface area contributed by atoms with Crippen LogP contribution in [0.1, 0.15) is 30.9 Å². The lowest BCUT2D eigenvalue weighted by atomic mass is 10.1. The number of aromatic nitrogens is 3. The Bertz CT molecular complexity index is 1530. The summed E-state index contributed by atoms with van der Waals surface area (Å²) >= 11 is 0. The Balaban J connectivity index is 1.80. The normalized spacial score (nSPS) is 12.9. The van der Waals surface area contributed by atoms with Crippen LogP contribution in [0.25, 0.3) is 33.2 Å². The molecule has 10 nitrogen and oxygen atoms in total. The highest BCUT2D eigenvalue weighted by molar-refractivity contribution is 5.97. The van der Waals surface area contributed by atoms with Crippen LogP contribution in [0.15, 0.2) is 41.3 Å². The molecule has 0 amide bonds. The second kappa shape index (κ2) is 8.38. The van der Waals surface area contributed by atoms with Crippen molar-refractivity contribution in [1.29, 1.82) is 0 Å². The minimum atomic E-state index is -0.623. The number of aryl methyl sites for hydroxylation is 3. The van der Waals surface area contributed by atoms with Gasteiger partial charge in [0.05, 0.1) is 16.0 Å². The van der Waals surface area contributed by atoms with E-state index in [-0.39, 0.29) is 11.4 Å². The summed E-state index contributed by atoms with van der Waals surface area (Å²) in [5.41, 5.74) is 9.54. The summed E-state index contributed by atoms with van der Waals surface area (Å²) in [5, 5.41) is 12.0. The molecule has 34 heavy (non-hydrogen) atoms. The zero-order valence-corrected chi connectivity index (χ0v) is 18.6. The Morgan fingerprint density at radius 1 is 1.21 bits per heavy atom. The van der Waals surface area contributed by atoms with Gasteiger partial charge in [-0.15, -0.1) is 4.73 Å². The average molecular weight is 461 g/mol. The average Bonchev–Trinajstić information content (AvgIpc) is 3.41. The van der Waals surface area contributed by atoms with E-state index in [1.807, 2.05) is 16.7 Å². The van der Waals surface area contributed by atoms with Crippen molar-refractivity contribution < 1.29 is 14.6 Å². The molecule has 5 rings (SSSR count). The molecule has 2 aromatic carbocycles. The molecule has 0 saturated carbocycles. The number of carbonyl (C=O) groups is 1. The van der Waals surface area contributed by atoms with Crippen molar-refractivity contribution >= 4 is 33.6 Å². The standard InChI is InChI=1S/C24H23N5O5/c1-14(30)34-28-22-11-16-5-2-4-15(16)10-20(22)26-23(24(28)31)19-13-27(9-3-8-25)21-12-17(29(32)33)6-7-18(19)21/h6-7,10-13H,2-5,8-9,25H2,1H3. The molecule has 1 aliphatic rings. The first-order chi connectivity index (χ1) is 16.4. The molecule has 0 aliphatic heterocycles. The molecule has 0 bridgehead atoms. The van der Waals surface area contributed by atoms with Crippen molar-refractivity contribution in [3.63, 3.8) is 0 Å². The van der Waals surface area contributed by atoms with Gasteiger partial charge in [-0.2, -0.15) is 0 Å². The summed E-state index contributed by atoms with van der Waals surface area (Å²) in [7, 11) is 0. The predicted molar refractivity (Wildman–Crippen MR) is 127 cm³/mol. The highest BCUT2D eigenvalue weighted by Gasteiger charge is 2.23. The van der Waals surface area contributed by atoms with Gasteiger partial charge in [-0.3, -0.25) is 14.9 Å². The Morgan fingerprint density at radius 3 is 2.68 bits per heavy atom. The molecule has 0 unspecified atom stereocenters. The summed E-state index contributed by atoms with van der Waals surface area (Å²) in [4.78, 5) is 46.3. The highest BCUT2D eigenvalue weighted by atomic mass is 16.7. The molecule has 10 heteroatoms. The van der Waals surface area contributed by atoms with Crippen molar-refractivity contribution in [2.75, 3.05) is 6.54 Å². The maximum atomic E-state index is 13.5. The molecule has 2 N–H and O–H groups in total. The van der Waals surface area contributed by atoms with Gasteiger partial charge in [0.25, 0.3) is 5.69 Å². The van der Waals surface area contributed by atoms with Crippen molar-refractivity contribution in [2.24, 2.45) is 5.73 Å². The van der Waals surface area contributed by atoms with Gasteiger partial charge >= 0.3 is 11.5 Å². The van der Waals surface area contributed by atoms with Gasteiger partial charge in [0.1, 0.15) is 11.2 Å². The Hall–Kier alpha value is -4.05. The van der Waals surface area contributed by atoms with Gasteiger partial charge < -0.3 is 15.1 Å². The Kier molecular flexibility index (Phi) is 5.37. The number of non-ortho nitro benzene ring substituents is 1. The second-order valence-corrected chi connectivity index (χ2v) is 8.44. The third-order valence-corrected chi connectivity index (χ3v) is 6.18. The largest absolute Gasteiger partial charge is 0.347 e. The number of hydrogen-bond acceptors (Lipinski definition) is 7. The van der Waals surface area contributed by atoms with E-state index in [9.17, 15) is 19.7 Å². The lowest BCUT2D eigenvalue weighted by Gasteiger charge is -2.12. The summed E-state index contributed by atoms with van der Waals surface area (Å²) < 4.78 is 2.85. The third-order valence-electron chi connectivity index (χ3n) is 6.18. The SMILES string of the molecule is CC(=O)On1c(=O)c(-c2cn(CCCN)c3cc([N+](=O)[O-])ccc23)nc2cc3c(cc21)CCC3. The first-order valence-electron chi connectivity index (χ1n) is 11.1. The molecule has 4 aromatic rings. The topological polar surface area (TPSA) is 135 Å². The predicted octanol–water partition coefficient (Wildman–Crippen LogP) is 2.74. The van der Waals surface area contributed by atoms with E-state index < -0.39 is 16.5 Å². The number of nitrogens with zero attached hydrogens (tertiary/aromatic N) is 4. The van der Waals surface area contributed by atoms with E-state index in [0.29, 0.717) is 47.0 Å². The molecule has 0 saturated heterocycles. The van der Waals surface area contributed by atoms with Gasteiger partial charge in [-0.25, -0.2) is 9.78 Å². The molecule has 2 aromatic heterocycles. The molecule has 174 valence electrons. The monoisotopic (exact) mass is 461 g/mol. The smallest absolute Gasteiger partial charge is 0.330 e. The van der Waals surface area contributed by atoms with Crippen LogP contribution in [-0.2, 0) is 24.2 Å². The molecular weight excluding hydrogens is 438 g/mol. The van der Waals surface area contributed by atoms with Crippen molar-refractivity contribution in [3.8, 4) is 11.3 Å². The zero-order chi connectivity index (χ0) is 24.0. The van der Waals surface area contributed by atoms with E-state index in [2.05, 4.69) is 0 Å². The van der Waals surface area contributed by atoms with Crippen LogP contribution in [0.3, 0.4) is 0 Å². The number of fused-ring (bicyclic) bond motifs is 3. The van der Waals surface area contributed by atoms with Crippen LogP contribution in [-0.4, -0.2) is 31.7 Å². The van der Waals surface area contributed by atoms with Crippen LogP contribution in [0, 0.1) is 10.1 Å². The van der Waals surface area contributed by atoms with Crippen LogP contribution in [0.5, 0.6) is 0 Å². The first kappa shape index (κ1) is 21.8. The zero-order valence-electron chi connectivity index (χ0n) is 18.6. The molecule has 0 spiro atoms. The van der Waals surface area contributed by atoms with Crippen LogP contribution >= 0.6 is 0 Å². The lowest BCUT2D eigenvalue weighted by molar-refractivity contribution is -0.384. The fourth-order valence-electron chi connectivity index (χ4n) is 4.65. The maximum Gasteiger partial charge on any atom is 0.330 e. The summed E-state index contributed by atoms with van der Waals surface area (Å²) in [5.74, 6) is -0.623. The summed E-state index contributed by atoms with van der Waals surface area (Å²) in [6.45, 7) is 2.21. The Morgan fingerprint density at radius 2 is 1.97 bits per heavy atom. The number of nitro groups is 1. The third kappa shape index (κ3) is 3.61. The van der Waals surface area contributed by atoms with E-state index in [1.54, 1.807) is 12.3 Å². The second-order valence-electron chi connectivity index (χ2n) is 8.44. The van der Waals surface area contributed by atoms with Crippen molar-refractivity contribution in [3.05, 3.63) is 68.1 Å². The van der Waals surface area contributed by atoms with Crippen LogP contribution in [0.4, 0.5) is 5.69 Å². The summed E-state index contributed by atoms with van der Waals surface area (Å²) in [6.07, 6.45) is 5.25. The highest BCUT2D eigenvalue weighted by Crippen LogP contribution is 2.33. The quantitative estimate of drug-likeness (QED) is 0.344. The van der Waals surface area contributed by atoms with E-state index in [1.165, 1.54) is 24.6 Å². The van der Waals surface area contributed by atoms with E-state index in [4.69, 9.17) is 15.6 Å². The molecular formula is C24H23N5O5. The van der Waals surface area contributed by atoms with Crippen LogP contribution < -0.4 is 16.1 Å². The van der Waals surface area contributed by atoms with Crippen molar-refractivity contribution in [1.82, 2.24) is 14.3 Å². The Labute approximate surface area is 193 Å². The number of hydrogen-bond donors (Lipinski definition) is 1. The molecule has 2 heterocycles. The number of rotatable bonds is 6. The minimum Gasteiger partial charge on any atom is -0.347 e. The van der Waals surface area contributed by atoms with E-state index in [0.717, 1.165) is 29.6 Å². The van der Waals surface area contributed by atoms with Crippen molar-refractivity contribution in [2.45, 2.75) is 39.2 Å². The molecule has 0 atom stereocenters. The van der Waals surface area contributed by atoms with E-state index >= 15 is 0 Å². The van der Waals surface area contributed by atoms with Crippen LogP contribution in [0.2, 0.25) is 0 Å². The lowest BCUT2D eigenvalue weighted by Crippen LogP contribution is -2.31. The summed E-state index contributed by atoms with van der Waals surface area (Å²) in [6, 6.07) is 8.31. The molecule has 0 radical (unpaired) electrons. The maximum absolute atomic E-state index is 13.5. The fourth-order valence-corrected chi connectivity index (χ4v) is 4.65. The van der Waals surface area contributed by atoms with Gasteiger partial charge in [0.2, 0.25) is 0 Å². The fraction of sp³-hybridized carbons (Fsp3) is 0.292. The number of nitro benzene ring substituents is 1. The first-order valence-corrected chi connectivity index (χ1v) is 11.1. The molecule has 1 aliphatic carbocycles. The number of nitrogens with two attached hydrogens (primary N) is 1. The molecule has 0 fully saturated rings. The number of carbonyl (C=O) groups excluding carboxylic acids is 1.